The maximum Gasteiger partial charge on any atom is 0.257 e. The second kappa shape index (κ2) is 6.18. The summed E-state index contributed by atoms with van der Waals surface area (Å²) in [5, 5.41) is 5.62. The van der Waals surface area contributed by atoms with Crippen LogP contribution in [0.15, 0.2) is 54.6 Å². The Labute approximate surface area is 149 Å². The van der Waals surface area contributed by atoms with E-state index in [0.717, 1.165) is 26.6 Å². The molecule has 1 aromatic heterocycles. The number of nitrogens with one attached hydrogen (secondary N) is 1. The van der Waals surface area contributed by atoms with E-state index < -0.39 is 0 Å². The number of amides is 1. The first kappa shape index (κ1) is 15.6. The van der Waals surface area contributed by atoms with Gasteiger partial charge in [0.15, 0.2) is 5.13 Å². The Morgan fingerprint density at radius 2 is 1.88 bits per heavy atom. The fraction of sp³-hybridized carbons (Fsp3) is 0.100. The van der Waals surface area contributed by atoms with Gasteiger partial charge in [-0.15, -0.1) is 0 Å². The van der Waals surface area contributed by atoms with Crippen LogP contribution in [-0.2, 0) is 0 Å². The van der Waals surface area contributed by atoms with E-state index in [1.807, 2.05) is 61.5 Å². The van der Waals surface area contributed by atoms with E-state index in [1.165, 1.54) is 11.3 Å². The van der Waals surface area contributed by atoms with Crippen LogP contribution in [0.2, 0.25) is 0 Å². The van der Waals surface area contributed by atoms with Crippen molar-refractivity contribution in [2.45, 2.75) is 6.92 Å². The molecule has 3 aromatic carbocycles. The van der Waals surface area contributed by atoms with Gasteiger partial charge in [0.2, 0.25) is 0 Å². The molecule has 0 saturated heterocycles. The summed E-state index contributed by atoms with van der Waals surface area (Å²) in [6, 6.07) is 17.5. The number of rotatable bonds is 3. The average molecular weight is 348 g/mol. The number of carbonyl (C=O) groups excluding carboxylic acids is 1. The summed E-state index contributed by atoms with van der Waals surface area (Å²) in [5.41, 5.74) is 2.50. The lowest BCUT2D eigenvalue weighted by atomic mass is 10.1. The third-order valence-corrected chi connectivity index (χ3v) is 5.26. The quantitative estimate of drug-likeness (QED) is 0.566. The van der Waals surface area contributed by atoms with Crippen molar-refractivity contribution >= 4 is 43.4 Å². The maximum atomic E-state index is 12.6. The van der Waals surface area contributed by atoms with Crippen LogP contribution in [0, 0.1) is 6.92 Å². The van der Waals surface area contributed by atoms with Gasteiger partial charge in [0.1, 0.15) is 11.3 Å². The summed E-state index contributed by atoms with van der Waals surface area (Å²) in [6.07, 6.45) is 0. The standard InChI is InChI=1S/C20H16N2O2S/c1-12-7-10-16(24-2)17-18(12)25-20(21-17)22-19(23)15-9-8-13-5-3-4-6-14(13)11-15/h3-11H,1-2H3,(H,21,22,23). The third kappa shape index (κ3) is 2.83. The Bertz CT molecular complexity index is 1100. The Hall–Kier alpha value is -2.92. The number of anilines is 1. The molecule has 25 heavy (non-hydrogen) atoms. The Kier molecular flexibility index (Phi) is 3.86. The van der Waals surface area contributed by atoms with Crippen molar-refractivity contribution in [2.24, 2.45) is 0 Å². The molecule has 0 aliphatic rings. The van der Waals surface area contributed by atoms with Crippen LogP contribution in [0.1, 0.15) is 15.9 Å². The van der Waals surface area contributed by atoms with Gasteiger partial charge < -0.3 is 4.74 Å². The number of ether oxygens (including phenoxy) is 1. The zero-order chi connectivity index (χ0) is 17.4. The van der Waals surface area contributed by atoms with Gasteiger partial charge in [0, 0.05) is 5.56 Å². The molecule has 4 nitrogen and oxygen atoms in total. The predicted octanol–water partition coefficient (Wildman–Crippen LogP) is 5.02. The molecule has 0 atom stereocenters. The van der Waals surface area contributed by atoms with Crippen LogP contribution in [0.3, 0.4) is 0 Å². The number of nitrogens with zero attached hydrogens (tertiary/aromatic N) is 1. The van der Waals surface area contributed by atoms with Crippen molar-refractivity contribution in [3.05, 3.63) is 65.7 Å². The molecule has 124 valence electrons. The van der Waals surface area contributed by atoms with Crippen molar-refractivity contribution in [1.82, 2.24) is 4.98 Å². The number of hydrogen-bond acceptors (Lipinski definition) is 4. The molecule has 0 radical (unpaired) electrons. The molecule has 0 fully saturated rings. The second-order valence-electron chi connectivity index (χ2n) is 5.80. The number of aryl methyl sites for hydroxylation is 1. The first-order chi connectivity index (χ1) is 12.2. The highest BCUT2D eigenvalue weighted by Gasteiger charge is 2.14. The van der Waals surface area contributed by atoms with Gasteiger partial charge >= 0.3 is 0 Å². The van der Waals surface area contributed by atoms with Crippen LogP contribution in [0.4, 0.5) is 5.13 Å². The molecule has 5 heteroatoms. The molecular formula is C20H16N2O2S. The van der Waals surface area contributed by atoms with Crippen molar-refractivity contribution in [3.8, 4) is 5.75 Å². The van der Waals surface area contributed by atoms with Crippen LogP contribution in [0.25, 0.3) is 21.0 Å². The average Bonchev–Trinajstić information content (AvgIpc) is 3.06. The minimum absolute atomic E-state index is 0.165. The van der Waals surface area contributed by atoms with Crippen LogP contribution in [-0.4, -0.2) is 18.0 Å². The summed E-state index contributed by atoms with van der Waals surface area (Å²) >= 11 is 1.46. The number of fused-ring (bicyclic) bond motifs is 2. The number of carbonyl (C=O) groups is 1. The molecule has 0 saturated carbocycles. The minimum Gasteiger partial charge on any atom is -0.494 e. The van der Waals surface area contributed by atoms with Gasteiger partial charge in [-0.3, -0.25) is 10.1 Å². The van der Waals surface area contributed by atoms with Crippen LogP contribution < -0.4 is 10.1 Å². The molecular weight excluding hydrogens is 332 g/mol. The molecule has 0 bridgehead atoms. The highest BCUT2D eigenvalue weighted by molar-refractivity contribution is 7.22. The van der Waals surface area contributed by atoms with E-state index in [2.05, 4.69) is 10.3 Å². The highest BCUT2D eigenvalue weighted by Crippen LogP contribution is 2.34. The fourth-order valence-corrected chi connectivity index (χ4v) is 3.77. The van der Waals surface area contributed by atoms with E-state index in [1.54, 1.807) is 7.11 Å². The first-order valence-corrected chi connectivity index (χ1v) is 8.71. The van der Waals surface area contributed by atoms with E-state index in [9.17, 15) is 4.79 Å². The Balaban J connectivity index is 1.67. The summed E-state index contributed by atoms with van der Waals surface area (Å²) in [6.45, 7) is 2.02. The second-order valence-corrected chi connectivity index (χ2v) is 6.80. The van der Waals surface area contributed by atoms with Gasteiger partial charge in [-0.1, -0.05) is 47.7 Å². The number of aromatic nitrogens is 1. The van der Waals surface area contributed by atoms with Gasteiger partial charge in [-0.25, -0.2) is 4.98 Å². The SMILES string of the molecule is COc1ccc(C)c2sc(NC(=O)c3ccc4ccccc4c3)nc12. The summed E-state index contributed by atoms with van der Waals surface area (Å²) in [7, 11) is 1.62. The molecule has 4 rings (SSSR count). The van der Waals surface area contributed by atoms with Crippen molar-refractivity contribution in [1.29, 1.82) is 0 Å². The number of methoxy groups -OCH3 is 1. The van der Waals surface area contributed by atoms with Crippen molar-refractivity contribution in [2.75, 3.05) is 12.4 Å². The highest BCUT2D eigenvalue weighted by atomic mass is 32.1. The van der Waals surface area contributed by atoms with E-state index in [-0.39, 0.29) is 5.91 Å². The Morgan fingerprint density at radius 1 is 1.08 bits per heavy atom. The number of hydrogen-bond donors (Lipinski definition) is 1. The zero-order valence-electron chi connectivity index (χ0n) is 13.9. The van der Waals surface area contributed by atoms with E-state index in [0.29, 0.717) is 16.4 Å². The molecule has 1 heterocycles. The lowest BCUT2D eigenvalue weighted by molar-refractivity contribution is 0.102. The predicted molar refractivity (Wildman–Crippen MR) is 103 cm³/mol. The molecule has 0 aliphatic heterocycles. The monoisotopic (exact) mass is 348 g/mol. The van der Waals surface area contributed by atoms with Crippen LogP contribution in [0.5, 0.6) is 5.75 Å². The molecule has 0 spiro atoms. The topological polar surface area (TPSA) is 51.2 Å². The summed E-state index contributed by atoms with van der Waals surface area (Å²) in [5.74, 6) is 0.546. The molecule has 1 N–H and O–H groups in total. The smallest absolute Gasteiger partial charge is 0.257 e. The molecule has 1 amide bonds. The van der Waals surface area contributed by atoms with Gasteiger partial charge in [0.05, 0.1) is 11.8 Å². The molecule has 0 aliphatic carbocycles. The number of thiazole rings is 1. The summed E-state index contributed by atoms with van der Waals surface area (Å²) in [4.78, 5) is 17.1. The fourth-order valence-electron chi connectivity index (χ4n) is 2.83. The third-order valence-electron chi connectivity index (χ3n) is 4.16. The van der Waals surface area contributed by atoms with Gasteiger partial charge in [-0.2, -0.15) is 0 Å². The molecule has 0 unspecified atom stereocenters. The molecule has 4 aromatic rings. The first-order valence-electron chi connectivity index (χ1n) is 7.90. The summed E-state index contributed by atoms with van der Waals surface area (Å²) < 4.78 is 6.39. The zero-order valence-corrected chi connectivity index (χ0v) is 14.7. The Morgan fingerprint density at radius 3 is 2.68 bits per heavy atom. The van der Waals surface area contributed by atoms with Gasteiger partial charge in [-0.05, 0) is 41.5 Å². The van der Waals surface area contributed by atoms with Gasteiger partial charge in [0.25, 0.3) is 5.91 Å². The minimum atomic E-state index is -0.165. The van der Waals surface area contributed by atoms with E-state index in [4.69, 9.17) is 4.74 Å². The lowest BCUT2D eigenvalue weighted by Gasteiger charge is -2.03. The number of benzene rings is 3. The van der Waals surface area contributed by atoms with Crippen molar-refractivity contribution < 1.29 is 9.53 Å². The van der Waals surface area contributed by atoms with Crippen LogP contribution >= 0.6 is 11.3 Å². The normalized spacial score (nSPS) is 11.0. The maximum absolute atomic E-state index is 12.6. The van der Waals surface area contributed by atoms with Crippen molar-refractivity contribution in [3.63, 3.8) is 0 Å². The van der Waals surface area contributed by atoms with E-state index >= 15 is 0 Å². The largest absolute Gasteiger partial charge is 0.494 e. The lowest BCUT2D eigenvalue weighted by Crippen LogP contribution is -2.11.